The zero-order valence-corrected chi connectivity index (χ0v) is 18.0. The quantitative estimate of drug-likeness (QED) is 0.430. The van der Waals surface area contributed by atoms with Gasteiger partial charge in [0.2, 0.25) is 15.6 Å². The lowest BCUT2D eigenvalue weighted by atomic mass is 10.1. The van der Waals surface area contributed by atoms with E-state index < -0.39 is 10.0 Å². The van der Waals surface area contributed by atoms with Crippen LogP contribution < -0.4 is 20.3 Å². The van der Waals surface area contributed by atoms with Gasteiger partial charge in [0.05, 0.1) is 11.8 Å². The molecule has 0 amide bonds. The van der Waals surface area contributed by atoms with Crippen LogP contribution in [0.15, 0.2) is 53.3 Å². The largest absolute Gasteiger partial charge is 0.492 e. The molecule has 0 radical (unpaired) electrons. The first-order chi connectivity index (χ1) is 14.3. The number of hydrogen-bond acceptors (Lipinski definition) is 5. The summed E-state index contributed by atoms with van der Waals surface area (Å²) in [4.78, 5) is 14.4. The Bertz CT molecular complexity index is 1160. The van der Waals surface area contributed by atoms with Crippen LogP contribution in [0.2, 0.25) is 0 Å². The van der Waals surface area contributed by atoms with E-state index in [0.29, 0.717) is 12.3 Å². The maximum atomic E-state index is 11.5. The van der Waals surface area contributed by atoms with Gasteiger partial charge in [-0.1, -0.05) is 18.2 Å². The maximum Gasteiger partial charge on any atom is 0.248 e. The molecule has 3 N–H and O–H groups in total. The Kier molecular flexibility index (Phi) is 7.12. The second-order valence-electron chi connectivity index (χ2n) is 7.27. The second kappa shape index (κ2) is 9.77. The smallest absolute Gasteiger partial charge is 0.248 e. The summed E-state index contributed by atoms with van der Waals surface area (Å²) in [7, 11) is -3.24. The molecule has 0 aliphatic carbocycles. The van der Waals surface area contributed by atoms with Crippen LogP contribution in [0.1, 0.15) is 17.5 Å². The van der Waals surface area contributed by atoms with Crippen molar-refractivity contribution in [2.45, 2.75) is 19.8 Å². The van der Waals surface area contributed by atoms with E-state index in [0.717, 1.165) is 60.0 Å². The highest BCUT2D eigenvalue weighted by Gasteiger charge is 2.06. The third-order valence-corrected chi connectivity index (χ3v) is 5.28. The van der Waals surface area contributed by atoms with Crippen molar-refractivity contribution in [2.24, 2.45) is 0 Å². The van der Waals surface area contributed by atoms with E-state index in [2.05, 4.69) is 15.0 Å². The minimum Gasteiger partial charge on any atom is -0.492 e. The van der Waals surface area contributed by atoms with Gasteiger partial charge in [0.15, 0.2) is 0 Å². The SMILES string of the molecule is Cc1ccc(OCCNCCCc2ccc(NS(C)(=O)=O)cc2)c2ccc(=O)[nH]c12. The van der Waals surface area contributed by atoms with Crippen LogP contribution >= 0.6 is 0 Å². The number of nitrogens with one attached hydrogen (secondary N) is 3. The fraction of sp³-hybridized carbons (Fsp3) is 0.318. The summed E-state index contributed by atoms with van der Waals surface area (Å²) in [6.45, 7) is 4.06. The van der Waals surface area contributed by atoms with Crippen LogP contribution in [0.5, 0.6) is 5.75 Å². The molecule has 3 rings (SSSR count). The minimum absolute atomic E-state index is 0.120. The summed E-state index contributed by atoms with van der Waals surface area (Å²) >= 11 is 0. The zero-order chi connectivity index (χ0) is 21.6. The predicted octanol–water partition coefficient (Wildman–Crippen LogP) is 2.81. The number of rotatable bonds is 10. The second-order valence-corrected chi connectivity index (χ2v) is 9.01. The van der Waals surface area contributed by atoms with Gasteiger partial charge in [-0.25, -0.2) is 8.42 Å². The van der Waals surface area contributed by atoms with Gasteiger partial charge < -0.3 is 15.0 Å². The Morgan fingerprint density at radius 1 is 1.00 bits per heavy atom. The van der Waals surface area contributed by atoms with Crippen molar-refractivity contribution >= 4 is 26.6 Å². The number of H-pyrrole nitrogens is 1. The lowest BCUT2D eigenvalue weighted by Gasteiger charge is -2.11. The van der Waals surface area contributed by atoms with Gasteiger partial charge in [0.1, 0.15) is 12.4 Å². The zero-order valence-electron chi connectivity index (χ0n) is 17.2. The first-order valence-electron chi connectivity index (χ1n) is 9.85. The molecule has 0 spiro atoms. The van der Waals surface area contributed by atoms with Crippen molar-refractivity contribution in [3.63, 3.8) is 0 Å². The molecular formula is C22H27N3O4S. The average Bonchev–Trinajstić information content (AvgIpc) is 2.69. The number of ether oxygens (including phenoxy) is 1. The van der Waals surface area contributed by atoms with Gasteiger partial charge in [-0.2, -0.15) is 0 Å². The summed E-state index contributed by atoms with van der Waals surface area (Å²) in [5.74, 6) is 0.761. The molecule has 0 bridgehead atoms. The van der Waals surface area contributed by atoms with Crippen LogP contribution in [0, 0.1) is 6.92 Å². The summed E-state index contributed by atoms with van der Waals surface area (Å²) in [5.41, 5.74) is 3.43. The van der Waals surface area contributed by atoms with Crippen LogP contribution in [0.3, 0.4) is 0 Å². The average molecular weight is 430 g/mol. The predicted molar refractivity (Wildman–Crippen MR) is 121 cm³/mol. The normalized spacial score (nSPS) is 11.5. The molecular weight excluding hydrogens is 402 g/mol. The first kappa shape index (κ1) is 21.9. The van der Waals surface area contributed by atoms with E-state index in [-0.39, 0.29) is 5.56 Å². The highest BCUT2D eigenvalue weighted by Crippen LogP contribution is 2.25. The maximum absolute atomic E-state index is 11.5. The topological polar surface area (TPSA) is 100 Å². The number of benzene rings is 2. The number of hydrogen-bond donors (Lipinski definition) is 3. The fourth-order valence-electron chi connectivity index (χ4n) is 3.22. The van der Waals surface area contributed by atoms with Crippen molar-refractivity contribution in [1.29, 1.82) is 0 Å². The lowest BCUT2D eigenvalue weighted by Crippen LogP contribution is -2.22. The minimum atomic E-state index is -3.24. The summed E-state index contributed by atoms with van der Waals surface area (Å²) in [6.07, 6.45) is 3.01. The van der Waals surface area contributed by atoms with Gasteiger partial charge >= 0.3 is 0 Å². The summed E-state index contributed by atoms with van der Waals surface area (Å²) < 4.78 is 30.8. The monoisotopic (exact) mass is 429 g/mol. The molecule has 0 unspecified atom stereocenters. The van der Waals surface area contributed by atoms with E-state index in [1.807, 2.05) is 31.2 Å². The van der Waals surface area contributed by atoms with E-state index in [9.17, 15) is 13.2 Å². The molecule has 0 atom stereocenters. The Hall–Kier alpha value is -2.84. The van der Waals surface area contributed by atoms with Crippen molar-refractivity contribution in [2.75, 3.05) is 30.7 Å². The van der Waals surface area contributed by atoms with Crippen molar-refractivity contribution in [1.82, 2.24) is 10.3 Å². The lowest BCUT2D eigenvalue weighted by molar-refractivity contribution is 0.317. The number of fused-ring (bicyclic) bond motifs is 1. The highest BCUT2D eigenvalue weighted by atomic mass is 32.2. The van der Waals surface area contributed by atoms with Gasteiger partial charge in [-0.15, -0.1) is 0 Å². The number of aromatic amines is 1. The first-order valence-corrected chi connectivity index (χ1v) is 11.7. The third kappa shape index (κ3) is 6.33. The van der Waals surface area contributed by atoms with Crippen LogP contribution in [-0.4, -0.2) is 39.4 Å². The molecule has 0 fully saturated rings. The van der Waals surface area contributed by atoms with E-state index in [1.165, 1.54) is 6.07 Å². The number of aryl methyl sites for hydroxylation is 2. The van der Waals surface area contributed by atoms with Gasteiger partial charge in [-0.3, -0.25) is 9.52 Å². The molecule has 30 heavy (non-hydrogen) atoms. The third-order valence-electron chi connectivity index (χ3n) is 4.68. The van der Waals surface area contributed by atoms with Crippen LogP contribution in [0.4, 0.5) is 5.69 Å². The van der Waals surface area contributed by atoms with Crippen LogP contribution in [0.25, 0.3) is 10.9 Å². The molecule has 1 aromatic heterocycles. The Morgan fingerprint density at radius 2 is 1.77 bits per heavy atom. The molecule has 2 aromatic carbocycles. The highest BCUT2D eigenvalue weighted by molar-refractivity contribution is 7.92. The molecule has 0 aliphatic rings. The summed E-state index contributed by atoms with van der Waals surface area (Å²) in [6, 6.07) is 14.6. The Balaban J connectivity index is 1.39. The molecule has 0 saturated carbocycles. The molecule has 0 aliphatic heterocycles. The van der Waals surface area contributed by atoms with E-state index >= 15 is 0 Å². The number of sulfonamides is 1. The molecule has 8 heteroatoms. The molecule has 1 heterocycles. The van der Waals surface area contributed by atoms with E-state index in [1.54, 1.807) is 18.2 Å². The van der Waals surface area contributed by atoms with Crippen molar-refractivity contribution in [3.8, 4) is 5.75 Å². The number of anilines is 1. The van der Waals surface area contributed by atoms with Crippen molar-refractivity contribution < 1.29 is 13.2 Å². The van der Waals surface area contributed by atoms with Gasteiger partial charge in [0, 0.05) is 23.7 Å². The standard InChI is InChI=1S/C22H27N3O4S/c1-16-5-11-20(19-10-12-21(26)24-22(16)19)29-15-14-23-13-3-4-17-6-8-18(9-7-17)25-30(2,27)28/h5-12,23,25H,3-4,13-15H2,1-2H3,(H,24,26). The summed E-state index contributed by atoms with van der Waals surface area (Å²) in [5, 5.41) is 4.27. The Morgan fingerprint density at radius 3 is 2.50 bits per heavy atom. The van der Waals surface area contributed by atoms with Crippen LogP contribution in [-0.2, 0) is 16.4 Å². The molecule has 3 aromatic rings. The number of pyridine rings is 1. The number of aromatic nitrogens is 1. The van der Waals surface area contributed by atoms with Gasteiger partial charge in [-0.05, 0) is 61.7 Å². The molecule has 7 nitrogen and oxygen atoms in total. The van der Waals surface area contributed by atoms with E-state index in [4.69, 9.17) is 4.74 Å². The molecule has 160 valence electrons. The Labute approximate surface area is 176 Å². The van der Waals surface area contributed by atoms with Crippen molar-refractivity contribution in [3.05, 3.63) is 70.0 Å². The van der Waals surface area contributed by atoms with Gasteiger partial charge in [0.25, 0.3) is 0 Å². The molecule has 0 saturated heterocycles. The fourth-order valence-corrected chi connectivity index (χ4v) is 3.78.